The molecule has 0 unspecified atom stereocenters. The van der Waals surface area contributed by atoms with Crippen LogP contribution in [0.3, 0.4) is 0 Å². The molecule has 1 saturated carbocycles. The SMILES string of the molecule is COc1cc(Br)c(O[C@@H]2CCC[C@H]2O)cc1Br. The molecule has 2 rings (SSSR count). The van der Waals surface area contributed by atoms with Gasteiger partial charge in [0.2, 0.25) is 0 Å². The topological polar surface area (TPSA) is 38.7 Å². The van der Waals surface area contributed by atoms with Gasteiger partial charge in [0.05, 0.1) is 22.2 Å². The molecule has 1 aliphatic carbocycles. The van der Waals surface area contributed by atoms with Crippen LogP contribution in [0.2, 0.25) is 0 Å². The molecule has 0 bridgehead atoms. The van der Waals surface area contributed by atoms with Crippen LogP contribution in [0, 0.1) is 0 Å². The van der Waals surface area contributed by atoms with Crippen LogP contribution in [0.1, 0.15) is 19.3 Å². The molecule has 1 aliphatic rings. The van der Waals surface area contributed by atoms with E-state index in [0.717, 1.165) is 39.7 Å². The van der Waals surface area contributed by atoms with Crippen molar-refractivity contribution in [2.24, 2.45) is 0 Å². The second-order valence-corrected chi connectivity index (χ2v) is 5.78. The van der Waals surface area contributed by atoms with Gasteiger partial charge in [0.15, 0.2) is 0 Å². The van der Waals surface area contributed by atoms with Gasteiger partial charge in [-0.15, -0.1) is 0 Å². The maximum atomic E-state index is 9.73. The van der Waals surface area contributed by atoms with Crippen LogP contribution in [0.15, 0.2) is 21.1 Å². The zero-order valence-corrected chi connectivity index (χ0v) is 12.6. The molecule has 3 nitrogen and oxygen atoms in total. The van der Waals surface area contributed by atoms with Crippen molar-refractivity contribution >= 4 is 31.9 Å². The van der Waals surface area contributed by atoms with Crippen LogP contribution in [0.4, 0.5) is 0 Å². The number of aliphatic hydroxyl groups is 1. The minimum Gasteiger partial charge on any atom is -0.496 e. The number of rotatable bonds is 3. The number of hydrogen-bond acceptors (Lipinski definition) is 3. The van der Waals surface area contributed by atoms with Gasteiger partial charge in [-0.2, -0.15) is 0 Å². The highest BCUT2D eigenvalue weighted by Crippen LogP contribution is 2.37. The van der Waals surface area contributed by atoms with E-state index in [1.807, 2.05) is 12.1 Å². The van der Waals surface area contributed by atoms with Crippen LogP contribution in [-0.2, 0) is 0 Å². The average Bonchev–Trinajstić information content (AvgIpc) is 2.69. The fraction of sp³-hybridized carbons (Fsp3) is 0.500. The third kappa shape index (κ3) is 2.95. The molecule has 5 heteroatoms. The largest absolute Gasteiger partial charge is 0.496 e. The summed E-state index contributed by atoms with van der Waals surface area (Å²) >= 11 is 6.86. The number of methoxy groups -OCH3 is 1. The Hall–Kier alpha value is -0.260. The lowest BCUT2D eigenvalue weighted by Crippen LogP contribution is -2.25. The van der Waals surface area contributed by atoms with Gasteiger partial charge in [0.25, 0.3) is 0 Å². The lowest BCUT2D eigenvalue weighted by molar-refractivity contribution is 0.0598. The third-order valence-corrected chi connectivity index (χ3v) is 4.14. The lowest BCUT2D eigenvalue weighted by atomic mass is 10.2. The monoisotopic (exact) mass is 364 g/mol. The van der Waals surface area contributed by atoms with Crippen LogP contribution in [-0.4, -0.2) is 24.4 Å². The molecule has 2 atom stereocenters. The molecule has 1 N–H and O–H groups in total. The molecule has 0 aromatic heterocycles. The second-order valence-electron chi connectivity index (χ2n) is 4.07. The number of halogens is 2. The second kappa shape index (κ2) is 5.59. The summed E-state index contributed by atoms with van der Waals surface area (Å²) in [5.74, 6) is 1.47. The van der Waals surface area contributed by atoms with Crippen molar-refractivity contribution in [2.75, 3.05) is 7.11 Å². The zero-order chi connectivity index (χ0) is 12.4. The fourth-order valence-electron chi connectivity index (χ4n) is 1.96. The molecule has 0 spiro atoms. The summed E-state index contributed by atoms with van der Waals surface area (Å²) in [7, 11) is 1.62. The smallest absolute Gasteiger partial charge is 0.135 e. The molecule has 94 valence electrons. The molecule has 0 radical (unpaired) electrons. The Morgan fingerprint density at radius 2 is 1.82 bits per heavy atom. The first-order chi connectivity index (χ1) is 8.11. The standard InChI is InChI=1S/C12H14Br2O3/c1-16-11-5-8(14)12(6-7(11)13)17-10-4-2-3-9(10)15/h5-6,9-10,15H,2-4H2,1H3/t9-,10-/m1/s1. The number of hydrogen-bond donors (Lipinski definition) is 1. The highest BCUT2D eigenvalue weighted by Gasteiger charge is 2.27. The van der Waals surface area contributed by atoms with E-state index in [9.17, 15) is 5.11 Å². The van der Waals surface area contributed by atoms with Crippen molar-refractivity contribution in [1.82, 2.24) is 0 Å². The number of ether oxygens (including phenoxy) is 2. The maximum absolute atomic E-state index is 9.73. The minimum absolute atomic E-state index is 0.105. The van der Waals surface area contributed by atoms with Gasteiger partial charge in [-0.1, -0.05) is 0 Å². The quantitative estimate of drug-likeness (QED) is 0.890. The molecule has 17 heavy (non-hydrogen) atoms. The molecule has 0 saturated heterocycles. The van der Waals surface area contributed by atoms with E-state index < -0.39 is 0 Å². The minimum atomic E-state index is -0.359. The van der Waals surface area contributed by atoms with E-state index in [1.165, 1.54) is 0 Å². The molecular weight excluding hydrogens is 352 g/mol. The van der Waals surface area contributed by atoms with Crippen molar-refractivity contribution < 1.29 is 14.6 Å². The van der Waals surface area contributed by atoms with Crippen molar-refractivity contribution in [3.8, 4) is 11.5 Å². The van der Waals surface area contributed by atoms with Crippen molar-refractivity contribution in [3.05, 3.63) is 21.1 Å². The lowest BCUT2D eigenvalue weighted by Gasteiger charge is -2.19. The van der Waals surface area contributed by atoms with Gasteiger partial charge in [0.1, 0.15) is 17.6 Å². The Balaban J connectivity index is 2.18. The fourth-order valence-corrected chi connectivity index (χ4v) is 2.86. The first-order valence-corrected chi connectivity index (χ1v) is 7.08. The molecular formula is C12H14Br2O3. The molecule has 0 heterocycles. The number of benzene rings is 1. The van der Waals surface area contributed by atoms with Gasteiger partial charge in [0, 0.05) is 0 Å². The van der Waals surface area contributed by atoms with E-state index in [0.29, 0.717) is 0 Å². The summed E-state index contributed by atoms with van der Waals surface area (Å²) in [5.41, 5.74) is 0. The van der Waals surface area contributed by atoms with Crippen molar-refractivity contribution in [2.45, 2.75) is 31.5 Å². The Morgan fingerprint density at radius 1 is 1.18 bits per heavy atom. The molecule has 1 aromatic rings. The molecule has 0 aliphatic heterocycles. The normalized spacial score (nSPS) is 23.8. The van der Waals surface area contributed by atoms with E-state index in [4.69, 9.17) is 9.47 Å². The van der Waals surface area contributed by atoms with Crippen LogP contribution >= 0.6 is 31.9 Å². The highest BCUT2D eigenvalue weighted by atomic mass is 79.9. The van der Waals surface area contributed by atoms with Gasteiger partial charge >= 0.3 is 0 Å². The average molecular weight is 366 g/mol. The molecule has 0 amide bonds. The van der Waals surface area contributed by atoms with Crippen molar-refractivity contribution in [1.29, 1.82) is 0 Å². The first kappa shape index (κ1) is 13.2. The predicted molar refractivity (Wildman–Crippen MR) is 72.7 cm³/mol. The Kier molecular flexibility index (Phi) is 4.33. The van der Waals surface area contributed by atoms with Crippen LogP contribution in [0.25, 0.3) is 0 Å². The number of aliphatic hydroxyl groups excluding tert-OH is 1. The van der Waals surface area contributed by atoms with E-state index in [-0.39, 0.29) is 12.2 Å². The summed E-state index contributed by atoms with van der Waals surface area (Å²) in [6.07, 6.45) is 2.27. The molecule has 1 aromatic carbocycles. The predicted octanol–water partition coefficient (Wildman–Crippen LogP) is 3.51. The van der Waals surface area contributed by atoms with Gasteiger partial charge < -0.3 is 14.6 Å². The highest BCUT2D eigenvalue weighted by molar-refractivity contribution is 9.11. The summed E-state index contributed by atoms with van der Waals surface area (Å²) in [5, 5.41) is 9.73. The summed E-state index contributed by atoms with van der Waals surface area (Å²) in [6, 6.07) is 3.70. The van der Waals surface area contributed by atoms with Gasteiger partial charge in [-0.05, 0) is 63.3 Å². The Morgan fingerprint density at radius 3 is 2.41 bits per heavy atom. The summed E-state index contributed by atoms with van der Waals surface area (Å²) in [4.78, 5) is 0. The van der Waals surface area contributed by atoms with E-state index in [2.05, 4.69) is 31.9 Å². The first-order valence-electron chi connectivity index (χ1n) is 5.49. The van der Waals surface area contributed by atoms with Crippen LogP contribution in [0.5, 0.6) is 11.5 Å². The Labute approximate surface area is 117 Å². The maximum Gasteiger partial charge on any atom is 0.135 e. The van der Waals surface area contributed by atoms with Crippen LogP contribution < -0.4 is 9.47 Å². The molecule has 1 fully saturated rings. The van der Waals surface area contributed by atoms with E-state index >= 15 is 0 Å². The van der Waals surface area contributed by atoms with Gasteiger partial charge in [-0.25, -0.2) is 0 Å². The summed E-state index contributed by atoms with van der Waals surface area (Å²) in [6.45, 7) is 0. The van der Waals surface area contributed by atoms with Gasteiger partial charge in [-0.3, -0.25) is 0 Å². The summed E-state index contributed by atoms with van der Waals surface area (Å²) < 4.78 is 12.7. The van der Waals surface area contributed by atoms with Crippen molar-refractivity contribution in [3.63, 3.8) is 0 Å². The third-order valence-electron chi connectivity index (χ3n) is 2.90. The Bertz CT molecular complexity index is 409. The zero-order valence-electron chi connectivity index (χ0n) is 9.45. The van der Waals surface area contributed by atoms with E-state index in [1.54, 1.807) is 7.11 Å².